The molecular formula is C10H10N2O6. The van der Waals surface area contributed by atoms with E-state index in [1.54, 1.807) is 0 Å². The number of methoxy groups -OCH3 is 1. The number of non-ortho nitro benzene ring substituents is 1. The number of carbonyl (C=O) groups is 1. The molecule has 8 nitrogen and oxygen atoms in total. The molecule has 1 aliphatic heterocycles. The predicted molar refractivity (Wildman–Crippen MR) is 58.5 cm³/mol. The molecule has 0 aliphatic carbocycles. The number of nitrogens with one attached hydrogen (secondary N) is 1. The van der Waals surface area contributed by atoms with Gasteiger partial charge >= 0.3 is 6.09 Å². The number of rotatable bonds is 3. The van der Waals surface area contributed by atoms with E-state index in [1.165, 1.54) is 13.2 Å². The molecule has 1 aromatic rings. The fraction of sp³-hybridized carbons (Fsp3) is 0.300. The molecule has 8 heteroatoms. The molecule has 1 atom stereocenters. The van der Waals surface area contributed by atoms with Crippen LogP contribution in [0.25, 0.3) is 0 Å². The molecule has 18 heavy (non-hydrogen) atoms. The molecule has 2 rings (SSSR count). The summed E-state index contributed by atoms with van der Waals surface area (Å²) in [5.41, 5.74) is -0.0484. The van der Waals surface area contributed by atoms with Gasteiger partial charge in [-0.15, -0.1) is 0 Å². The maximum absolute atomic E-state index is 10.9. The molecule has 2 N–H and O–H groups in total. The first-order valence-electron chi connectivity index (χ1n) is 5.01. The van der Waals surface area contributed by atoms with Gasteiger partial charge < -0.3 is 19.9 Å². The van der Waals surface area contributed by atoms with Crippen molar-refractivity contribution in [3.8, 4) is 11.5 Å². The first-order chi connectivity index (χ1) is 8.52. The highest BCUT2D eigenvalue weighted by Crippen LogP contribution is 2.38. The van der Waals surface area contributed by atoms with Gasteiger partial charge in [0.15, 0.2) is 11.5 Å². The van der Waals surface area contributed by atoms with Crippen molar-refractivity contribution in [3.05, 3.63) is 27.8 Å². The number of ether oxygens (including phenoxy) is 2. The number of nitro groups is 1. The molecule has 1 fully saturated rings. The molecule has 1 aliphatic rings. The Kier molecular flexibility index (Phi) is 2.92. The second kappa shape index (κ2) is 4.40. The minimum Gasteiger partial charge on any atom is -0.504 e. The Morgan fingerprint density at radius 3 is 2.83 bits per heavy atom. The van der Waals surface area contributed by atoms with E-state index in [-0.39, 0.29) is 29.4 Å². The van der Waals surface area contributed by atoms with Crippen LogP contribution in [0.1, 0.15) is 11.6 Å². The number of aromatic hydroxyl groups is 1. The largest absolute Gasteiger partial charge is 0.504 e. The Balaban J connectivity index is 2.47. The zero-order valence-corrected chi connectivity index (χ0v) is 9.37. The van der Waals surface area contributed by atoms with Gasteiger partial charge in [0.2, 0.25) is 0 Å². The van der Waals surface area contributed by atoms with Gasteiger partial charge in [-0.25, -0.2) is 4.79 Å². The van der Waals surface area contributed by atoms with Crippen molar-refractivity contribution < 1.29 is 24.3 Å². The van der Waals surface area contributed by atoms with Crippen molar-refractivity contribution in [2.24, 2.45) is 0 Å². The number of nitrogens with zero attached hydrogens (tertiary/aromatic N) is 1. The van der Waals surface area contributed by atoms with Crippen LogP contribution in [-0.4, -0.2) is 29.8 Å². The number of alkyl carbamates (subject to hydrolysis) is 1. The van der Waals surface area contributed by atoms with Gasteiger partial charge in [-0.3, -0.25) is 10.1 Å². The van der Waals surface area contributed by atoms with E-state index in [9.17, 15) is 20.0 Å². The normalized spacial score (nSPS) is 18.1. The fourth-order valence-corrected chi connectivity index (χ4v) is 1.69. The van der Waals surface area contributed by atoms with Crippen molar-refractivity contribution in [1.82, 2.24) is 5.32 Å². The van der Waals surface area contributed by atoms with Crippen LogP contribution >= 0.6 is 0 Å². The molecule has 1 amide bonds. The predicted octanol–water partition coefficient (Wildman–Crippen LogP) is 1.09. The third-order valence-corrected chi connectivity index (χ3v) is 2.57. The summed E-state index contributed by atoms with van der Waals surface area (Å²) in [5.74, 6) is -0.278. The molecule has 1 aromatic carbocycles. The van der Waals surface area contributed by atoms with Crippen LogP contribution in [0.15, 0.2) is 12.1 Å². The molecule has 96 valence electrons. The highest BCUT2D eigenvalue weighted by atomic mass is 16.6. The second-order valence-electron chi connectivity index (χ2n) is 3.64. The SMILES string of the molecule is COc1cc([N+](=O)[O-])cc([C@@H]2COC(=O)N2)c1O. The Morgan fingerprint density at radius 2 is 2.33 bits per heavy atom. The summed E-state index contributed by atoms with van der Waals surface area (Å²) in [6, 6.07) is 1.65. The van der Waals surface area contributed by atoms with Crippen molar-refractivity contribution >= 4 is 11.8 Å². The number of benzene rings is 1. The number of hydrogen-bond acceptors (Lipinski definition) is 6. The van der Waals surface area contributed by atoms with Crippen molar-refractivity contribution in [1.29, 1.82) is 0 Å². The van der Waals surface area contributed by atoms with Crippen LogP contribution in [0.2, 0.25) is 0 Å². The molecule has 0 bridgehead atoms. The fourth-order valence-electron chi connectivity index (χ4n) is 1.69. The molecule has 0 spiro atoms. The summed E-state index contributed by atoms with van der Waals surface area (Å²) in [7, 11) is 1.28. The standard InChI is InChI=1S/C10H10N2O6/c1-17-8-3-5(12(15)16)2-6(9(8)13)7-4-18-10(14)11-7/h2-3,7,13H,4H2,1H3,(H,11,14)/t7-/m0/s1. The van der Waals surface area contributed by atoms with E-state index in [2.05, 4.69) is 10.1 Å². The van der Waals surface area contributed by atoms with Gasteiger partial charge in [0.05, 0.1) is 24.1 Å². The molecular weight excluding hydrogens is 244 g/mol. The lowest BCUT2D eigenvalue weighted by molar-refractivity contribution is -0.385. The number of phenolic OH excluding ortho intramolecular Hbond substituents is 1. The highest BCUT2D eigenvalue weighted by Gasteiger charge is 2.29. The maximum atomic E-state index is 10.9. The van der Waals surface area contributed by atoms with Crippen LogP contribution < -0.4 is 10.1 Å². The molecule has 1 heterocycles. The number of cyclic esters (lactones) is 1. The Labute approximate surface area is 101 Å². The number of hydrogen-bond donors (Lipinski definition) is 2. The quantitative estimate of drug-likeness (QED) is 0.617. The lowest BCUT2D eigenvalue weighted by Gasteiger charge is -2.12. The zero-order chi connectivity index (χ0) is 13.3. The van der Waals surface area contributed by atoms with Crippen LogP contribution in [0.5, 0.6) is 11.5 Å². The van der Waals surface area contributed by atoms with Crippen molar-refractivity contribution in [3.63, 3.8) is 0 Å². The average Bonchev–Trinajstić information content (AvgIpc) is 2.75. The third kappa shape index (κ3) is 1.99. The summed E-state index contributed by atoms with van der Waals surface area (Å²) < 4.78 is 9.53. The van der Waals surface area contributed by atoms with Crippen LogP contribution in [0, 0.1) is 10.1 Å². The van der Waals surface area contributed by atoms with Gasteiger partial charge in [0.1, 0.15) is 6.61 Å². The Hall–Kier alpha value is -2.51. The van der Waals surface area contributed by atoms with E-state index in [0.29, 0.717) is 0 Å². The summed E-state index contributed by atoms with van der Waals surface area (Å²) >= 11 is 0. The van der Waals surface area contributed by atoms with Crippen LogP contribution in [0.3, 0.4) is 0 Å². The lowest BCUT2D eigenvalue weighted by Crippen LogP contribution is -2.18. The number of phenols is 1. The van der Waals surface area contributed by atoms with Crippen molar-refractivity contribution in [2.45, 2.75) is 6.04 Å². The van der Waals surface area contributed by atoms with Crippen molar-refractivity contribution in [2.75, 3.05) is 13.7 Å². The number of amides is 1. The zero-order valence-electron chi connectivity index (χ0n) is 9.37. The summed E-state index contributed by atoms with van der Waals surface area (Å²) in [6.45, 7) is -0.00326. The molecule has 1 saturated heterocycles. The van der Waals surface area contributed by atoms with Gasteiger partial charge in [-0.1, -0.05) is 0 Å². The molecule has 0 unspecified atom stereocenters. The van der Waals surface area contributed by atoms with E-state index in [1.807, 2.05) is 0 Å². The number of carbonyl (C=O) groups excluding carboxylic acids is 1. The first-order valence-corrected chi connectivity index (χ1v) is 5.01. The number of nitro benzene ring substituents is 1. The van der Waals surface area contributed by atoms with Crippen LogP contribution in [-0.2, 0) is 4.74 Å². The minimum atomic E-state index is -0.634. The van der Waals surface area contributed by atoms with E-state index in [4.69, 9.17) is 4.74 Å². The Bertz CT molecular complexity index is 515. The van der Waals surface area contributed by atoms with E-state index in [0.717, 1.165) is 6.07 Å². The van der Waals surface area contributed by atoms with Gasteiger partial charge in [0, 0.05) is 11.6 Å². The second-order valence-corrected chi connectivity index (χ2v) is 3.64. The summed E-state index contributed by atoms with van der Waals surface area (Å²) in [4.78, 5) is 21.1. The Morgan fingerprint density at radius 1 is 1.61 bits per heavy atom. The summed E-state index contributed by atoms with van der Waals surface area (Å²) in [5, 5.41) is 23.1. The van der Waals surface area contributed by atoms with E-state index >= 15 is 0 Å². The molecule has 0 radical (unpaired) electrons. The monoisotopic (exact) mass is 254 g/mol. The molecule has 0 saturated carbocycles. The topological polar surface area (TPSA) is 111 Å². The van der Waals surface area contributed by atoms with Gasteiger partial charge in [0.25, 0.3) is 5.69 Å². The van der Waals surface area contributed by atoms with Gasteiger partial charge in [-0.2, -0.15) is 0 Å². The van der Waals surface area contributed by atoms with Gasteiger partial charge in [-0.05, 0) is 0 Å². The van der Waals surface area contributed by atoms with Crippen LogP contribution in [0.4, 0.5) is 10.5 Å². The summed E-state index contributed by atoms with van der Waals surface area (Å²) in [6.07, 6.45) is -0.634. The molecule has 0 aromatic heterocycles. The lowest BCUT2D eigenvalue weighted by atomic mass is 10.1. The third-order valence-electron chi connectivity index (χ3n) is 2.57. The first kappa shape index (κ1) is 12.0. The van der Waals surface area contributed by atoms with E-state index < -0.39 is 17.1 Å². The smallest absolute Gasteiger partial charge is 0.407 e. The highest BCUT2D eigenvalue weighted by molar-refractivity contribution is 5.71. The minimum absolute atomic E-state index is 0.00326. The maximum Gasteiger partial charge on any atom is 0.407 e. The average molecular weight is 254 g/mol.